The number of carbonyl (C=O) groups excluding carboxylic acids is 1. The molecule has 0 aliphatic rings. The second-order valence-electron chi connectivity index (χ2n) is 3.97. The largest absolute Gasteiger partial charge is 0.385 e. The molecule has 6 heteroatoms. The van der Waals surface area contributed by atoms with Gasteiger partial charge in [0.15, 0.2) is 0 Å². The van der Waals surface area contributed by atoms with E-state index < -0.39 is 16.9 Å². The molecule has 0 bridgehead atoms. The highest BCUT2D eigenvalue weighted by Crippen LogP contribution is 2.26. The third-order valence-electron chi connectivity index (χ3n) is 2.39. The van der Waals surface area contributed by atoms with Crippen molar-refractivity contribution in [3.05, 3.63) is 29.8 Å². The van der Waals surface area contributed by atoms with E-state index in [-0.39, 0.29) is 10.8 Å². The van der Waals surface area contributed by atoms with E-state index in [1.807, 2.05) is 0 Å². The number of halogens is 2. The van der Waals surface area contributed by atoms with Crippen molar-refractivity contribution >= 4 is 17.7 Å². The van der Waals surface area contributed by atoms with Crippen LogP contribution in [0.15, 0.2) is 23.1 Å². The molecule has 19 heavy (non-hydrogen) atoms. The summed E-state index contributed by atoms with van der Waals surface area (Å²) in [6.07, 6.45) is 0.727. The van der Waals surface area contributed by atoms with Crippen molar-refractivity contribution in [1.29, 1.82) is 0 Å². The van der Waals surface area contributed by atoms with Crippen molar-refractivity contribution < 1.29 is 18.3 Å². The Morgan fingerprint density at radius 1 is 1.47 bits per heavy atom. The van der Waals surface area contributed by atoms with Crippen LogP contribution in [0.25, 0.3) is 0 Å². The van der Waals surface area contributed by atoms with Gasteiger partial charge in [-0.3, -0.25) is 4.79 Å². The zero-order valence-corrected chi connectivity index (χ0v) is 11.7. The summed E-state index contributed by atoms with van der Waals surface area (Å²) in [5, 5.41) is 2.29. The van der Waals surface area contributed by atoms with Crippen molar-refractivity contribution in [2.24, 2.45) is 0 Å². The molecule has 0 fully saturated rings. The molecule has 1 atom stereocenters. The Hall–Kier alpha value is -1.14. The Kier molecular flexibility index (Phi) is 6.80. The number of methoxy groups -OCH3 is 1. The summed E-state index contributed by atoms with van der Waals surface area (Å²) < 4.78 is 31.0. The average Bonchev–Trinajstić information content (AvgIpc) is 2.37. The molecule has 106 valence electrons. The lowest BCUT2D eigenvalue weighted by molar-refractivity contribution is -0.120. The smallest absolute Gasteiger partial charge is 0.233 e. The third-order valence-corrected chi connectivity index (χ3v) is 3.54. The van der Waals surface area contributed by atoms with Gasteiger partial charge in [0.05, 0.1) is 5.25 Å². The number of hydrogen-bond donors (Lipinski definition) is 1. The number of hydrogen-bond acceptors (Lipinski definition) is 3. The first-order chi connectivity index (χ1) is 9.04. The minimum absolute atomic E-state index is 0.176. The number of carbonyl (C=O) groups is 1. The molecule has 0 radical (unpaired) electrons. The van der Waals surface area contributed by atoms with Gasteiger partial charge in [-0.15, -0.1) is 11.8 Å². The van der Waals surface area contributed by atoms with Crippen molar-refractivity contribution in [3.8, 4) is 0 Å². The van der Waals surface area contributed by atoms with E-state index in [4.69, 9.17) is 4.74 Å². The first-order valence-corrected chi connectivity index (χ1v) is 6.81. The van der Waals surface area contributed by atoms with Crippen LogP contribution in [-0.4, -0.2) is 31.4 Å². The van der Waals surface area contributed by atoms with Crippen LogP contribution in [0.1, 0.15) is 13.3 Å². The topological polar surface area (TPSA) is 38.3 Å². The second-order valence-corrected chi connectivity index (χ2v) is 5.35. The number of rotatable bonds is 7. The zero-order chi connectivity index (χ0) is 14.3. The molecule has 1 amide bonds. The van der Waals surface area contributed by atoms with Gasteiger partial charge < -0.3 is 10.1 Å². The Morgan fingerprint density at radius 2 is 2.21 bits per heavy atom. The van der Waals surface area contributed by atoms with Gasteiger partial charge in [-0.1, -0.05) is 0 Å². The molecule has 1 aromatic carbocycles. The second kappa shape index (κ2) is 8.12. The highest BCUT2D eigenvalue weighted by Gasteiger charge is 2.16. The summed E-state index contributed by atoms with van der Waals surface area (Å²) in [6.45, 7) is 2.77. The fourth-order valence-corrected chi connectivity index (χ4v) is 2.28. The first kappa shape index (κ1) is 15.9. The molecule has 1 N–H and O–H groups in total. The van der Waals surface area contributed by atoms with E-state index in [2.05, 4.69) is 5.32 Å². The molecule has 0 heterocycles. The Labute approximate surface area is 115 Å². The summed E-state index contributed by atoms with van der Waals surface area (Å²) >= 11 is 1.07. The maximum Gasteiger partial charge on any atom is 0.233 e. The van der Waals surface area contributed by atoms with Crippen LogP contribution < -0.4 is 5.32 Å². The molecule has 0 spiro atoms. The quantitative estimate of drug-likeness (QED) is 0.619. The van der Waals surface area contributed by atoms with Gasteiger partial charge >= 0.3 is 0 Å². The van der Waals surface area contributed by atoms with Gasteiger partial charge in [0, 0.05) is 31.2 Å². The lowest BCUT2D eigenvalue weighted by Crippen LogP contribution is -2.32. The van der Waals surface area contributed by atoms with Gasteiger partial charge in [-0.2, -0.15) is 0 Å². The van der Waals surface area contributed by atoms with E-state index in [0.29, 0.717) is 13.2 Å². The summed E-state index contributed by atoms with van der Waals surface area (Å²) in [4.78, 5) is 12.0. The Balaban J connectivity index is 2.45. The summed E-state index contributed by atoms with van der Waals surface area (Å²) in [5.74, 6) is -1.45. The molecule has 0 saturated carbocycles. The van der Waals surface area contributed by atoms with Gasteiger partial charge in [0.2, 0.25) is 5.91 Å². The number of benzene rings is 1. The predicted molar refractivity (Wildman–Crippen MR) is 71.2 cm³/mol. The van der Waals surface area contributed by atoms with Crippen LogP contribution in [0.4, 0.5) is 8.78 Å². The van der Waals surface area contributed by atoms with E-state index in [0.717, 1.165) is 24.2 Å². The minimum atomic E-state index is -0.649. The predicted octanol–water partition coefficient (Wildman–Crippen LogP) is 2.60. The maximum atomic E-state index is 13.4. The third kappa shape index (κ3) is 5.57. The van der Waals surface area contributed by atoms with E-state index in [1.165, 1.54) is 12.1 Å². The normalized spacial score (nSPS) is 12.2. The van der Waals surface area contributed by atoms with Crippen LogP contribution in [0, 0.1) is 11.6 Å². The van der Waals surface area contributed by atoms with Gasteiger partial charge in [0.25, 0.3) is 0 Å². The van der Waals surface area contributed by atoms with Crippen molar-refractivity contribution in [3.63, 3.8) is 0 Å². The van der Waals surface area contributed by atoms with E-state index in [1.54, 1.807) is 14.0 Å². The molecule has 1 unspecified atom stereocenters. The minimum Gasteiger partial charge on any atom is -0.385 e. The fraction of sp³-hybridized carbons (Fsp3) is 0.462. The molecule has 3 nitrogen and oxygen atoms in total. The fourth-order valence-electron chi connectivity index (χ4n) is 1.39. The van der Waals surface area contributed by atoms with Crippen LogP contribution in [0.2, 0.25) is 0 Å². The molecule has 1 aromatic rings. The van der Waals surface area contributed by atoms with Gasteiger partial charge in [-0.25, -0.2) is 8.78 Å². The van der Waals surface area contributed by atoms with Crippen LogP contribution >= 0.6 is 11.8 Å². The molecule has 0 aliphatic carbocycles. The van der Waals surface area contributed by atoms with Gasteiger partial charge in [0.1, 0.15) is 11.6 Å². The first-order valence-electron chi connectivity index (χ1n) is 5.93. The number of ether oxygens (including phenoxy) is 1. The highest BCUT2D eigenvalue weighted by molar-refractivity contribution is 8.00. The Morgan fingerprint density at radius 3 is 2.84 bits per heavy atom. The van der Waals surface area contributed by atoms with Crippen LogP contribution in [-0.2, 0) is 9.53 Å². The maximum absolute atomic E-state index is 13.4. The Bertz CT molecular complexity index is 429. The highest BCUT2D eigenvalue weighted by atomic mass is 32.2. The van der Waals surface area contributed by atoms with Crippen LogP contribution in [0.3, 0.4) is 0 Å². The van der Waals surface area contributed by atoms with E-state index >= 15 is 0 Å². The van der Waals surface area contributed by atoms with Gasteiger partial charge in [-0.05, 0) is 25.5 Å². The lowest BCUT2D eigenvalue weighted by atomic mass is 10.3. The number of thioether (sulfide) groups is 1. The standard InChI is InChI=1S/C13H17F2NO2S/c1-9(13(17)16-6-3-7-18-2)19-12-5-4-10(14)8-11(12)15/h4-5,8-9H,3,6-7H2,1-2H3,(H,16,17). The molecule has 0 aromatic heterocycles. The number of amides is 1. The van der Waals surface area contributed by atoms with Crippen molar-refractivity contribution in [1.82, 2.24) is 5.32 Å². The molecule has 1 rings (SSSR count). The summed E-state index contributed by atoms with van der Waals surface area (Å²) in [5.41, 5.74) is 0. The summed E-state index contributed by atoms with van der Waals surface area (Å²) in [6, 6.07) is 3.32. The monoisotopic (exact) mass is 289 g/mol. The molecule has 0 aliphatic heterocycles. The zero-order valence-electron chi connectivity index (χ0n) is 10.9. The number of nitrogens with one attached hydrogen (secondary N) is 1. The molecule has 0 saturated heterocycles. The van der Waals surface area contributed by atoms with Crippen molar-refractivity contribution in [2.75, 3.05) is 20.3 Å². The molecular formula is C13H17F2NO2S. The van der Waals surface area contributed by atoms with Crippen molar-refractivity contribution in [2.45, 2.75) is 23.5 Å². The SMILES string of the molecule is COCCCNC(=O)C(C)Sc1ccc(F)cc1F. The lowest BCUT2D eigenvalue weighted by Gasteiger charge is -2.12. The summed E-state index contributed by atoms with van der Waals surface area (Å²) in [7, 11) is 1.59. The van der Waals surface area contributed by atoms with Crippen LogP contribution in [0.5, 0.6) is 0 Å². The molecular weight excluding hydrogens is 272 g/mol. The van der Waals surface area contributed by atoms with E-state index in [9.17, 15) is 13.6 Å². The average molecular weight is 289 g/mol.